The molecule has 15 aromatic rings. The van der Waals surface area contributed by atoms with Crippen LogP contribution in [0.1, 0.15) is 213 Å². The molecule has 2 heterocycles. The molecule has 2 aromatic heterocycles. The fraction of sp³-hybridized carbons (Fsp3) is 0.271. The lowest BCUT2D eigenvalue weighted by Crippen LogP contribution is -2.25. The van der Waals surface area contributed by atoms with Crippen molar-refractivity contribution in [2.75, 3.05) is 4.90 Å². The Morgan fingerprint density at radius 2 is 0.709 bits per heavy atom. The molecule has 0 aliphatic heterocycles. The van der Waals surface area contributed by atoms with Gasteiger partial charge in [0.25, 0.3) is 0 Å². The summed E-state index contributed by atoms with van der Waals surface area (Å²) in [4.78, 5) is 2.56. The largest absolute Gasteiger partial charge is 0.455 e. The highest BCUT2D eigenvalue weighted by Gasteiger charge is 2.50. The van der Waals surface area contributed by atoms with Gasteiger partial charge in [0.1, 0.15) is 22.3 Å². The van der Waals surface area contributed by atoms with Crippen molar-refractivity contribution in [2.24, 2.45) is 0 Å². The van der Waals surface area contributed by atoms with Gasteiger partial charge in [0, 0.05) is 71.1 Å². The van der Waals surface area contributed by atoms with Crippen LogP contribution in [0.3, 0.4) is 0 Å². The fourth-order valence-electron chi connectivity index (χ4n) is 22.0. The SMILES string of the molecule is CCCCCCCC1(CCCCCCC)c2ccccc2-c2ccc(-c3ccc4c(c3)C(C)(C)c3cc(-c5ccc(-c6cc7c(c8c6oc6ccccc68)-c6ccc(N(c8ccc9c(c8)C(C)(C)c8c%10c(c%11oc%12ccccc%12c%11c8-9)-c8ccccc8C%10(C)C)c8c(C)cccc8C)cc6C7(C)C)cc5)ccc3-4)cc21. The second-order valence-electron chi connectivity index (χ2n) is 35.3. The summed E-state index contributed by atoms with van der Waals surface area (Å²) in [6.45, 7) is 28.8. The van der Waals surface area contributed by atoms with Gasteiger partial charge >= 0.3 is 0 Å². The molecule has 0 saturated heterocycles. The maximum absolute atomic E-state index is 7.15. The number of furan rings is 2. The van der Waals surface area contributed by atoms with Crippen LogP contribution in [0.5, 0.6) is 0 Å². The Morgan fingerprint density at radius 3 is 1.32 bits per heavy atom. The third-order valence-electron chi connectivity index (χ3n) is 27.6. The van der Waals surface area contributed by atoms with Crippen molar-refractivity contribution < 1.29 is 8.83 Å². The molecule has 544 valence electrons. The zero-order chi connectivity index (χ0) is 75.1. The summed E-state index contributed by atoms with van der Waals surface area (Å²) in [7, 11) is 0. The smallest absolute Gasteiger partial charge is 0.144 e. The number of anilines is 3. The summed E-state index contributed by atoms with van der Waals surface area (Å²) in [5, 5.41) is 4.71. The molecule has 0 saturated carbocycles. The monoisotopic (exact) mass is 1430 g/mol. The van der Waals surface area contributed by atoms with Gasteiger partial charge in [0.2, 0.25) is 0 Å². The van der Waals surface area contributed by atoms with Crippen LogP contribution >= 0.6 is 0 Å². The van der Waals surface area contributed by atoms with Crippen LogP contribution in [0.4, 0.5) is 17.1 Å². The molecule has 5 aliphatic rings. The first-order valence-corrected chi connectivity index (χ1v) is 41.3. The van der Waals surface area contributed by atoms with Crippen molar-refractivity contribution in [2.45, 2.75) is 187 Å². The van der Waals surface area contributed by atoms with E-state index >= 15 is 0 Å². The molecule has 3 heteroatoms. The third kappa shape index (κ3) is 9.86. The molecule has 0 fully saturated rings. The number of hydrogen-bond acceptors (Lipinski definition) is 3. The van der Waals surface area contributed by atoms with E-state index in [0.717, 1.165) is 50.2 Å². The Morgan fingerprint density at radius 1 is 0.291 bits per heavy atom. The van der Waals surface area contributed by atoms with Crippen molar-refractivity contribution in [3.63, 3.8) is 0 Å². The van der Waals surface area contributed by atoms with Gasteiger partial charge in [-0.2, -0.15) is 0 Å². The molecule has 0 spiro atoms. The summed E-state index contributed by atoms with van der Waals surface area (Å²) >= 11 is 0. The van der Waals surface area contributed by atoms with E-state index in [2.05, 4.69) is 325 Å². The summed E-state index contributed by atoms with van der Waals surface area (Å²) in [5.74, 6) is 0. The molecule has 20 rings (SSSR count). The minimum atomic E-state index is -0.380. The van der Waals surface area contributed by atoms with Gasteiger partial charge in [-0.3, -0.25) is 0 Å². The van der Waals surface area contributed by atoms with Gasteiger partial charge in [0.15, 0.2) is 0 Å². The van der Waals surface area contributed by atoms with E-state index in [0.29, 0.717) is 0 Å². The molecular formula is C107H99NO2. The molecule has 110 heavy (non-hydrogen) atoms. The third-order valence-corrected chi connectivity index (χ3v) is 27.6. The van der Waals surface area contributed by atoms with Crippen molar-refractivity contribution >= 4 is 60.9 Å². The lowest BCUT2D eigenvalue weighted by molar-refractivity contribution is 0.399. The highest BCUT2D eigenvalue weighted by Crippen LogP contribution is 2.65. The maximum Gasteiger partial charge on any atom is 0.144 e. The zero-order valence-corrected chi connectivity index (χ0v) is 66.3. The number of aryl methyl sites for hydroxylation is 2. The standard InChI is InChI=1S/C107H99NO2/c1-13-15-17-19-29-56-107(57-30-20-18-16-14-2)84-39-26-21-34-73(84)76-53-48-70(60-89(76)107)69-47-52-75-74-51-46-68(58-85(74)103(5,6)86(75)59-69)66-42-44-67(45-43-66)82-63-90-93(95-80-36-23-27-40-91(80)109-101(82)95)78-54-49-71(61-87(78)104(90,7)8)108(100-64(3)32-31-33-65(100)4)72-50-55-79-88(62-72)106(11,12)98-94(79)96-81-37-24-28-41-92(81)110-102(96)97-77-35-22-25-38-83(77)105(9,10)99(97)98/h21-28,31-55,58-63H,13-20,29-30,56-57H2,1-12H3. The topological polar surface area (TPSA) is 29.5 Å². The highest BCUT2D eigenvalue weighted by atomic mass is 16.3. The first kappa shape index (κ1) is 68.5. The Kier molecular flexibility index (Phi) is 15.7. The number of unbranched alkanes of at least 4 members (excludes halogenated alkanes) is 8. The van der Waals surface area contributed by atoms with E-state index in [1.165, 1.54) is 232 Å². The Labute approximate surface area is 650 Å². The Balaban J connectivity index is 0.641. The number of benzene rings is 13. The van der Waals surface area contributed by atoms with Gasteiger partial charge in [-0.25, -0.2) is 0 Å². The van der Waals surface area contributed by atoms with Crippen molar-refractivity contribution in [1.82, 2.24) is 0 Å². The van der Waals surface area contributed by atoms with Crippen molar-refractivity contribution in [3.05, 3.63) is 303 Å². The zero-order valence-electron chi connectivity index (χ0n) is 66.3. The predicted octanol–water partition coefficient (Wildman–Crippen LogP) is 30.8. The maximum atomic E-state index is 7.15. The minimum absolute atomic E-state index is 0.0449. The first-order valence-electron chi connectivity index (χ1n) is 41.3. The second kappa shape index (κ2) is 25.1. The Hall–Kier alpha value is -10.7. The summed E-state index contributed by atoms with van der Waals surface area (Å²) < 4.78 is 14.2. The van der Waals surface area contributed by atoms with Crippen LogP contribution in [0.2, 0.25) is 0 Å². The van der Waals surface area contributed by atoms with Gasteiger partial charge in [-0.05, 0) is 232 Å². The van der Waals surface area contributed by atoms with E-state index in [-0.39, 0.29) is 27.1 Å². The average molecular weight is 1430 g/mol. The predicted molar refractivity (Wildman–Crippen MR) is 465 cm³/mol. The van der Waals surface area contributed by atoms with Crippen LogP contribution in [-0.4, -0.2) is 0 Å². The van der Waals surface area contributed by atoms with E-state index < -0.39 is 0 Å². The normalized spacial score (nSPS) is 15.5. The summed E-state index contributed by atoms with van der Waals surface area (Å²) in [6.07, 6.45) is 15.5. The molecule has 0 unspecified atom stereocenters. The van der Waals surface area contributed by atoms with E-state index in [4.69, 9.17) is 8.83 Å². The summed E-state index contributed by atoms with van der Waals surface area (Å²) in [6, 6.07) is 91.3. The molecule has 3 nitrogen and oxygen atoms in total. The van der Waals surface area contributed by atoms with Gasteiger partial charge in [-0.1, -0.05) is 309 Å². The van der Waals surface area contributed by atoms with E-state index in [1.54, 1.807) is 11.1 Å². The van der Waals surface area contributed by atoms with Gasteiger partial charge < -0.3 is 13.7 Å². The molecule has 0 bridgehead atoms. The molecule has 0 amide bonds. The average Bonchev–Trinajstić information content (AvgIpc) is 1.50. The molecule has 0 atom stereocenters. The van der Waals surface area contributed by atoms with Gasteiger partial charge in [0.05, 0.1) is 5.69 Å². The van der Waals surface area contributed by atoms with E-state index in [1.807, 2.05) is 0 Å². The molecule has 0 N–H and O–H groups in total. The highest BCUT2D eigenvalue weighted by molar-refractivity contribution is 6.22. The summed E-state index contributed by atoms with van der Waals surface area (Å²) in [5.41, 5.74) is 43.2. The lowest BCUT2D eigenvalue weighted by Gasteiger charge is -2.33. The number of rotatable bonds is 18. The van der Waals surface area contributed by atoms with Crippen LogP contribution < -0.4 is 4.90 Å². The number of hydrogen-bond donors (Lipinski definition) is 0. The van der Waals surface area contributed by atoms with Gasteiger partial charge in [-0.15, -0.1) is 0 Å². The number of fused-ring (bicyclic) bond motifs is 25. The Bertz CT molecular complexity index is 6310. The van der Waals surface area contributed by atoms with Crippen LogP contribution in [0.15, 0.2) is 245 Å². The first-order chi connectivity index (χ1) is 53.3. The van der Waals surface area contributed by atoms with Crippen LogP contribution in [-0.2, 0) is 27.1 Å². The van der Waals surface area contributed by atoms with Crippen LogP contribution in [0.25, 0.3) is 133 Å². The molecule has 5 aliphatic carbocycles. The molecule has 13 aromatic carbocycles. The van der Waals surface area contributed by atoms with E-state index in [9.17, 15) is 0 Å². The second-order valence-corrected chi connectivity index (χ2v) is 35.3. The fourth-order valence-corrected chi connectivity index (χ4v) is 22.0. The minimum Gasteiger partial charge on any atom is -0.455 e. The number of para-hydroxylation sites is 3. The number of nitrogens with zero attached hydrogens (tertiary/aromatic N) is 1. The van der Waals surface area contributed by atoms with Crippen molar-refractivity contribution in [3.8, 4) is 89.0 Å². The molecule has 0 radical (unpaired) electrons. The van der Waals surface area contributed by atoms with Crippen LogP contribution in [0, 0.1) is 13.8 Å². The quantitative estimate of drug-likeness (QED) is 0.0802. The molecular weight excluding hydrogens is 1330 g/mol. The van der Waals surface area contributed by atoms with Crippen molar-refractivity contribution in [1.29, 1.82) is 0 Å². The lowest BCUT2D eigenvalue weighted by atomic mass is 9.70.